The SMILES string of the molecule is CC(=O)OC(C)(C)C(=O)c1ccc(C(F)(F)F)cc1C(F)(F)F. The summed E-state index contributed by atoms with van der Waals surface area (Å²) < 4.78 is 81.4. The predicted molar refractivity (Wildman–Crippen MR) is 66.6 cm³/mol. The molecule has 0 atom stereocenters. The highest BCUT2D eigenvalue weighted by molar-refractivity contribution is 6.04. The van der Waals surface area contributed by atoms with E-state index in [2.05, 4.69) is 4.74 Å². The van der Waals surface area contributed by atoms with Crippen molar-refractivity contribution in [3.05, 3.63) is 34.9 Å². The molecular formula is C14H12F6O3. The fraction of sp³-hybridized carbons (Fsp3) is 0.429. The van der Waals surface area contributed by atoms with Crippen LogP contribution in [0.4, 0.5) is 26.3 Å². The molecule has 128 valence electrons. The number of carbonyl (C=O) groups is 2. The van der Waals surface area contributed by atoms with E-state index in [0.717, 1.165) is 20.8 Å². The number of halogens is 6. The van der Waals surface area contributed by atoms with Crippen LogP contribution in [0.5, 0.6) is 0 Å². The zero-order valence-corrected chi connectivity index (χ0v) is 12.2. The van der Waals surface area contributed by atoms with Crippen LogP contribution < -0.4 is 0 Å². The number of hydrogen-bond acceptors (Lipinski definition) is 3. The Labute approximate surface area is 127 Å². The van der Waals surface area contributed by atoms with E-state index in [4.69, 9.17) is 0 Å². The fourth-order valence-corrected chi connectivity index (χ4v) is 1.88. The Morgan fingerprint density at radius 1 is 0.957 bits per heavy atom. The van der Waals surface area contributed by atoms with Gasteiger partial charge < -0.3 is 4.74 Å². The van der Waals surface area contributed by atoms with Gasteiger partial charge in [-0.1, -0.05) is 6.07 Å². The lowest BCUT2D eigenvalue weighted by molar-refractivity contribution is -0.149. The second-order valence-corrected chi connectivity index (χ2v) is 5.19. The molecule has 0 saturated carbocycles. The van der Waals surface area contributed by atoms with Gasteiger partial charge in [-0.25, -0.2) is 0 Å². The number of Topliss-reactive ketones (excluding diaryl/α,β-unsaturated/α-hetero) is 1. The molecule has 0 N–H and O–H groups in total. The first kappa shape index (κ1) is 19.0. The average molecular weight is 342 g/mol. The molecule has 0 radical (unpaired) electrons. The van der Waals surface area contributed by atoms with Crippen molar-refractivity contribution in [3.63, 3.8) is 0 Å². The number of ether oxygens (including phenoxy) is 1. The van der Waals surface area contributed by atoms with Gasteiger partial charge in [-0.3, -0.25) is 9.59 Å². The molecule has 0 fully saturated rings. The van der Waals surface area contributed by atoms with Gasteiger partial charge in [-0.2, -0.15) is 26.3 Å². The minimum atomic E-state index is -5.18. The maximum Gasteiger partial charge on any atom is 0.417 e. The van der Waals surface area contributed by atoms with Crippen molar-refractivity contribution in [2.45, 2.75) is 38.7 Å². The largest absolute Gasteiger partial charge is 0.451 e. The first-order valence-electron chi connectivity index (χ1n) is 6.19. The minimum Gasteiger partial charge on any atom is -0.451 e. The van der Waals surface area contributed by atoms with Crippen LogP contribution in [0, 0.1) is 0 Å². The van der Waals surface area contributed by atoms with Gasteiger partial charge in [-0.15, -0.1) is 0 Å². The lowest BCUT2D eigenvalue weighted by Gasteiger charge is -2.25. The second-order valence-electron chi connectivity index (χ2n) is 5.19. The first-order valence-corrected chi connectivity index (χ1v) is 6.19. The van der Waals surface area contributed by atoms with Gasteiger partial charge in [0.15, 0.2) is 5.60 Å². The van der Waals surface area contributed by atoms with Gasteiger partial charge in [0.2, 0.25) is 5.78 Å². The van der Waals surface area contributed by atoms with E-state index in [-0.39, 0.29) is 6.07 Å². The molecule has 1 rings (SSSR count). The van der Waals surface area contributed by atoms with Gasteiger partial charge in [0.25, 0.3) is 0 Å². The smallest absolute Gasteiger partial charge is 0.417 e. The number of esters is 1. The summed E-state index contributed by atoms with van der Waals surface area (Å²) in [6, 6.07) is 0.655. The molecule has 0 aliphatic heterocycles. The van der Waals surface area contributed by atoms with Crippen LogP contribution in [0.25, 0.3) is 0 Å². The van der Waals surface area contributed by atoms with E-state index in [1.54, 1.807) is 0 Å². The van der Waals surface area contributed by atoms with Crippen molar-refractivity contribution in [2.75, 3.05) is 0 Å². The summed E-state index contributed by atoms with van der Waals surface area (Å²) in [6.07, 6.45) is -10.2. The highest BCUT2D eigenvalue weighted by Crippen LogP contribution is 2.38. The molecule has 1 aromatic carbocycles. The molecule has 0 aliphatic carbocycles. The molecule has 0 aliphatic rings. The monoisotopic (exact) mass is 342 g/mol. The number of rotatable bonds is 3. The van der Waals surface area contributed by atoms with Gasteiger partial charge in [0, 0.05) is 12.5 Å². The normalized spacial score (nSPS) is 12.9. The highest BCUT2D eigenvalue weighted by atomic mass is 19.4. The number of benzene rings is 1. The second kappa shape index (κ2) is 5.86. The summed E-state index contributed by atoms with van der Waals surface area (Å²) in [5.41, 5.74) is -6.23. The Morgan fingerprint density at radius 2 is 1.48 bits per heavy atom. The zero-order chi connectivity index (χ0) is 18.2. The predicted octanol–water partition coefficient (Wildman–Crippen LogP) is 4.25. The number of alkyl halides is 6. The first-order chi connectivity index (χ1) is 10.2. The van der Waals surface area contributed by atoms with Crippen LogP contribution in [-0.4, -0.2) is 17.4 Å². The van der Waals surface area contributed by atoms with Crippen molar-refractivity contribution >= 4 is 11.8 Å². The highest BCUT2D eigenvalue weighted by Gasteiger charge is 2.42. The molecule has 0 amide bonds. The molecule has 3 nitrogen and oxygen atoms in total. The van der Waals surface area contributed by atoms with Crippen molar-refractivity contribution in [3.8, 4) is 0 Å². The third-order valence-electron chi connectivity index (χ3n) is 2.84. The van der Waals surface area contributed by atoms with E-state index in [9.17, 15) is 35.9 Å². The molecule has 1 aromatic rings. The molecule has 0 heterocycles. The number of carbonyl (C=O) groups excluding carboxylic acids is 2. The number of hydrogen-bond donors (Lipinski definition) is 0. The number of ketones is 1. The molecule has 0 unspecified atom stereocenters. The molecule has 9 heteroatoms. The van der Waals surface area contributed by atoms with E-state index in [0.29, 0.717) is 12.1 Å². The van der Waals surface area contributed by atoms with E-state index in [1.165, 1.54) is 0 Å². The summed E-state index contributed by atoms with van der Waals surface area (Å²) in [7, 11) is 0. The van der Waals surface area contributed by atoms with Gasteiger partial charge >= 0.3 is 18.3 Å². The average Bonchev–Trinajstić information content (AvgIpc) is 2.33. The quantitative estimate of drug-likeness (QED) is 0.469. The lowest BCUT2D eigenvalue weighted by Crippen LogP contribution is -2.38. The minimum absolute atomic E-state index is 0.142. The molecular weight excluding hydrogens is 330 g/mol. The van der Waals surface area contributed by atoms with Crippen molar-refractivity contribution in [2.24, 2.45) is 0 Å². The van der Waals surface area contributed by atoms with Gasteiger partial charge in [-0.05, 0) is 26.0 Å². The summed E-state index contributed by atoms with van der Waals surface area (Å²) >= 11 is 0. The summed E-state index contributed by atoms with van der Waals surface area (Å²) in [4.78, 5) is 23.1. The molecule has 0 aromatic heterocycles. The lowest BCUT2D eigenvalue weighted by atomic mass is 9.91. The Morgan fingerprint density at radius 3 is 1.87 bits per heavy atom. The Bertz CT molecular complexity index is 628. The van der Waals surface area contributed by atoms with Crippen molar-refractivity contribution in [1.29, 1.82) is 0 Å². The summed E-state index contributed by atoms with van der Waals surface area (Å²) in [5, 5.41) is 0. The van der Waals surface area contributed by atoms with Crippen LogP contribution in [-0.2, 0) is 21.9 Å². The van der Waals surface area contributed by atoms with E-state index >= 15 is 0 Å². The van der Waals surface area contributed by atoms with Crippen LogP contribution in [0.15, 0.2) is 18.2 Å². The third kappa shape index (κ3) is 4.46. The summed E-state index contributed by atoms with van der Waals surface area (Å²) in [5.74, 6) is -2.17. The van der Waals surface area contributed by atoms with Crippen LogP contribution in [0.3, 0.4) is 0 Å². The molecule has 0 bridgehead atoms. The molecule has 23 heavy (non-hydrogen) atoms. The van der Waals surface area contributed by atoms with Gasteiger partial charge in [0.1, 0.15) is 0 Å². The van der Waals surface area contributed by atoms with Crippen LogP contribution in [0.2, 0.25) is 0 Å². The molecule has 0 saturated heterocycles. The van der Waals surface area contributed by atoms with E-state index in [1.807, 2.05) is 0 Å². The third-order valence-corrected chi connectivity index (χ3v) is 2.84. The van der Waals surface area contributed by atoms with Crippen LogP contribution in [0.1, 0.15) is 42.3 Å². The summed E-state index contributed by atoms with van der Waals surface area (Å²) in [6.45, 7) is 3.05. The topological polar surface area (TPSA) is 43.4 Å². The van der Waals surface area contributed by atoms with Crippen LogP contribution >= 0.6 is 0 Å². The Kier molecular flexibility index (Phi) is 4.84. The van der Waals surface area contributed by atoms with Gasteiger partial charge in [0.05, 0.1) is 11.1 Å². The standard InChI is InChI=1S/C14H12F6O3/c1-7(21)23-12(2,3)11(22)9-5-4-8(13(15,16)17)6-10(9)14(18,19)20/h4-6H,1-3H3. The van der Waals surface area contributed by atoms with E-state index < -0.39 is 46.4 Å². The zero-order valence-electron chi connectivity index (χ0n) is 12.2. The fourth-order valence-electron chi connectivity index (χ4n) is 1.88. The maximum atomic E-state index is 13.0. The Balaban J connectivity index is 3.47. The Hall–Kier alpha value is -2.06. The van der Waals surface area contributed by atoms with Crippen molar-refractivity contribution in [1.82, 2.24) is 0 Å². The molecule has 0 spiro atoms. The maximum absolute atomic E-state index is 13.0. The van der Waals surface area contributed by atoms with Crippen molar-refractivity contribution < 1.29 is 40.7 Å².